The molecular weight excluding hydrogens is 336 g/mol. The Morgan fingerprint density at radius 1 is 0.630 bits per heavy atom. The number of aromatic hydroxyl groups is 3. The summed E-state index contributed by atoms with van der Waals surface area (Å²) in [6, 6.07) is 22.6. The van der Waals surface area contributed by atoms with Gasteiger partial charge in [0, 0.05) is 5.41 Å². The van der Waals surface area contributed by atoms with Crippen molar-refractivity contribution in [1.29, 1.82) is 0 Å². The number of hydrogen-bond donors (Lipinski definition) is 3. The first-order valence-electron chi connectivity index (χ1n) is 9.45. The van der Waals surface area contributed by atoms with E-state index in [1.807, 2.05) is 42.5 Å². The number of hydrogen-bond acceptors (Lipinski definition) is 3. The average Bonchev–Trinajstić information content (AvgIpc) is 2.70. The second-order valence-corrected chi connectivity index (χ2v) is 7.51. The van der Waals surface area contributed by atoms with E-state index in [1.165, 1.54) is 11.1 Å². The molecule has 0 atom stereocenters. The SMILES string of the molecule is Oc1ccc(C2(c3ccc(O)cc3)CCC(c3ccccc3O)CC2)cc1. The van der Waals surface area contributed by atoms with E-state index in [2.05, 4.69) is 0 Å². The predicted molar refractivity (Wildman–Crippen MR) is 106 cm³/mol. The first-order valence-corrected chi connectivity index (χ1v) is 9.45. The van der Waals surface area contributed by atoms with Crippen molar-refractivity contribution in [1.82, 2.24) is 0 Å². The lowest BCUT2D eigenvalue weighted by molar-refractivity contribution is 0.309. The molecule has 3 N–H and O–H groups in total. The monoisotopic (exact) mass is 360 g/mol. The molecule has 1 aliphatic rings. The Morgan fingerprint density at radius 3 is 1.59 bits per heavy atom. The third-order valence-corrected chi connectivity index (χ3v) is 6.06. The Kier molecular flexibility index (Phi) is 4.53. The van der Waals surface area contributed by atoms with Crippen molar-refractivity contribution in [3.05, 3.63) is 89.5 Å². The van der Waals surface area contributed by atoms with Crippen LogP contribution in [0.15, 0.2) is 72.8 Å². The van der Waals surface area contributed by atoms with Gasteiger partial charge in [-0.15, -0.1) is 0 Å². The fraction of sp³-hybridized carbons (Fsp3) is 0.250. The fourth-order valence-corrected chi connectivity index (χ4v) is 4.56. The summed E-state index contributed by atoms with van der Waals surface area (Å²) in [5.41, 5.74) is 3.24. The number of rotatable bonds is 3. The number of phenols is 3. The van der Waals surface area contributed by atoms with Crippen molar-refractivity contribution in [3.63, 3.8) is 0 Å². The summed E-state index contributed by atoms with van der Waals surface area (Å²) in [7, 11) is 0. The van der Waals surface area contributed by atoms with Crippen LogP contribution in [0.1, 0.15) is 48.3 Å². The smallest absolute Gasteiger partial charge is 0.119 e. The maximum absolute atomic E-state index is 10.2. The Balaban J connectivity index is 1.69. The van der Waals surface area contributed by atoms with Gasteiger partial charge in [-0.2, -0.15) is 0 Å². The van der Waals surface area contributed by atoms with Gasteiger partial charge in [-0.05, 0) is 78.6 Å². The van der Waals surface area contributed by atoms with Gasteiger partial charge in [0.15, 0.2) is 0 Å². The van der Waals surface area contributed by atoms with Gasteiger partial charge in [0.2, 0.25) is 0 Å². The highest BCUT2D eigenvalue weighted by Gasteiger charge is 2.39. The molecule has 3 aromatic carbocycles. The summed E-state index contributed by atoms with van der Waals surface area (Å²) in [6.07, 6.45) is 3.84. The van der Waals surface area contributed by atoms with Crippen LogP contribution < -0.4 is 0 Å². The van der Waals surface area contributed by atoms with Crippen LogP contribution in [-0.4, -0.2) is 15.3 Å². The Bertz CT molecular complexity index is 858. The van der Waals surface area contributed by atoms with Gasteiger partial charge < -0.3 is 15.3 Å². The minimum absolute atomic E-state index is 0.150. The van der Waals surface area contributed by atoms with Crippen LogP contribution in [0.25, 0.3) is 0 Å². The molecule has 0 unspecified atom stereocenters. The molecule has 0 heterocycles. The first-order chi connectivity index (χ1) is 13.1. The van der Waals surface area contributed by atoms with Crippen molar-refractivity contribution >= 4 is 0 Å². The highest BCUT2D eigenvalue weighted by molar-refractivity contribution is 5.44. The normalized spacial score (nSPS) is 16.9. The van der Waals surface area contributed by atoms with Crippen LogP contribution in [0.2, 0.25) is 0 Å². The molecule has 0 saturated heterocycles. The maximum atomic E-state index is 10.2. The molecule has 1 fully saturated rings. The third kappa shape index (κ3) is 3.25. The molecule has 0 bridgehead atoms. The van der Waals surface area contributed by atoms with Crippen molar-refractivity contribution in [2.45, 2.75) is 37.0 Å². The Labute approximate surface area is 159 Å². The van der Waals surface area contributed by atoms with Gasteiger partial charge in [-0.3, -0.25) is 0 Å². The van der Waals surface area contributed by atoms with Gasteiger partial charge in [-0.1, -0.05) is 42.5 Å². The van der Waals surface area contributed by atoms with Gasteiger partial charge in [0.1, 0.15) is 17.2 Å². The molecule has 1 aliphatic carbocycles. The summed E-state index contributed by atoms with van der Waals surface area (Å²) in [5, 5.41) is 29.6. The van der Waals surface area contributed by atoms with Crippen molar-refractivity contribution in [3.8, 4) is 17.2 Å². The summed E-state index contributed by atoms with van der Waals surface area (Å²) in [6.45, 7) is 0. The second-order valence-electron chi connectivity index (χ2n) is 7.51. The van der Waals surface area contributed by atoms with E-state index in [1.54, 1.807) is 30.3 Å². The summed E-state index contributed by atoms with van der Waals surface area (Å²) >= 11 is 0. The lowest BCUT2D eigenvalue weighted by atomic mass is 9.62. The quantitative estimate of drug-likeness (QED) is 0.582. The van der Waals surface area contributed by atoms with Crippen molar-refractivity contribution in [2.75, 3.05) is 0 Å². The van der Waals surface area contributed by atoms with E-state index in [0.717, 1.165) is 31.2 Å². The lowest BCUT2D eigenvalue weighted by Crippen LogP contribution is -2.32. The first kappa shape index (κ1) is 17.5. The fourth-order valence-electron chi connectivity index (χ4n) is 4.56. The Morgan fingerprint density at radius 2 is 1.11 bits per heavy atom. The van der Waals surface area contributed by atoms with E-state index in [0.29, 0.717) is 11.7 Å². The lowest BCUT2D eigenvalue weighted by Gasteiger charge is -2.41. The molecule has 0 radical (unpaired) electrons. The molecule has 4 rings (SSSR count). The van der Waals surface area contributed by atoms with Crippen molar-refractivity contribution in [2.24, 2.45) is 0 Å². The minimum atomic E-state index is -0.150. The third-order valence-electron chi connectivity index (χ3n) is 6.06. The van der Waals surface area contributed by atoms with Gasteiger partial charge >= 0.3 is 0 Å². The van der Waals surface area contributed by atoms with Crippen LogP contribution in [0.4, 0.5) is 0 Å². The molecule has 3 nitrogen and oxygen atoms in total. The molecule has 138 valence electrons. The van der Waals surface area contributed by atoms with E-state index < -0.39 is 0 Å². The van der Waals surface area contributed by atoms with E-state index >= 15 is 0 Å². The van der Waals surface area contributed by atoms with Gasteiger partial charge in [0.05, 0.1) is 0 Å². The van der Waals surface area contributed by atoms with Crippen LogP contribution in [-0.2, 0) is 5.41 Å². The molecule has 3 heteroatoms. The van der Waals surface area contributed by atoms with Gasteiger partial charge in [0.25, 0.3) is 0 Å². The molecule has 0 amide bonds. The maximum Gasteiger partial charge on any atom is 0.119 e. The van der Waals surface area contributed by atoms with Gasteiger partial charge in [-0.25, -0.2) is 0 Å². The minimum Gasteiger partial charge on any atom is -0.508 e. The summed E-state index contributed by atoms with van der Waals surface area (Å²) in [5.74, 6) is 1.25. The van der Waals surface area contributed by atoms with E-state index in [9.17, 15) is 15.3 Å². The molecule has 0 aliphatic heterocycles. The molecular formula is C24H24O3. The zero-order valence-electron chi connectivity index (χ0n) is 15.2. The van der Waals surface area contributed by atoms with Crippen LogP contribution in [0.3, 0.4) is 0 Å². The van der Waals surface area contributed by atoms with Crippen LogP contribution in [0, 0.1) is 0 Å². The zero-order valence-corrected chi connectivity index (χ0v) is 15.2. The summed E-state index contributed by atoms with van der Waals surface area (Å²) in [4.78, 5) is 0. The zero-order chi connectivity index (χ0) is 18.9. The predicted octanol–water partition coefficient (Wildman–Crippen LogP) is 5.45. The van der Waals surface area contributed by atoms with E-state index in [-0.39, 0.29) is 16.9 Å². The van der Waals surface area contributed by atoms with Crippen LogP contribution in [0.5, 0.6) is 17.2 Å². The topological polar surface area (TPSA) is 60.7 Å². The molecule has 27 heavy (non-hydrogen) atoms. The Hall–Kier alpha value is -2.94. The van der Waals surface area contributed by atoms with Crippen LogP contribution >= 0.6 is 0 Å². The second kappa shape index (κ2) is 6.99. The standard InChI is InChI=1S/C24H24O3/c25-20-9-5-18(6-10-20)24(19-7-11-21(26)12-8-19)15-13-17(14-16-24)22-3-1-2-4-23(22)27/h1-12,17,25-27H,13-16H2. The highest BCUT2D eigenvalue weighted by atomic mass is 16.3. The van der Waals surface area contributed by atoms with E-state index in [4.69, 9.17) is 0 Å². The molecule has 1 saturated carbocycles. The number of benzene rings is 3. The largest absolute Gasteiger partial charge is 0.508 e. The number of phenolic OH excluding ortho intramolecular Hbond substituents is 3. The average molecular weight is 360 g/mol. The number of para-hydroxylation sites is 1. The summed E-state index contributed by atoms with van der Waals surface area (Å²) < 4.78 is 0. The van der Waals surface area contributed by atoms with Crippen molar-refractivity contribution < 1.29 is 15.3 Å². The highest BCUT2D eigenvalue weighted by Crippen LogP contribution is 2.50. The molecule has 0 spiro atoms. The molecule has 3 aromatic rings. The molecule has 0 aromatic heterocycles.